The quantitative estimate of drug-likeness (QED) is 0.857. The molecule has 0 spiro atoms. The monoisotopic (exact) mass is 253 g/mol. The van der Waals surface area contributed by atoms with Crippen molar-refractivity contribution in [2.75, 3.05) is 11.9 Å². The minimum atomic E-state index is 1.01. The largest absolute Gasteiger partial charge is 0.385 e. The van der Waals surface area contributed by atoms with Gasteiger partial charge in [0, 0.05) is 16.7 Å². The number of nitrogens with one attached hydrogen (secondary N) is 1. The molecule has 0 amide bonds. The molecule has 0 radical (unpaired) electrons. The van der Waals surface area contributed by atoms with Crippen LogP contribution in [0.15, 0.2) is 22.7 Å². The van der Waals surface area contributed by atoms with Crippen LogP contribution in [0.25, 0.3) is 0 Å². The Morgan fingerprint density at radius 1 is 1.36 bits per heavy atom. The molecular formula is C12H16BrN. The minimum absolute atomic E-state index is 1.01. The molecular weight excluding hydrogens is 238 g/mol. The summed E-state index contributed by atoms with van der Waals surface area (Å²) in [6.45, 7) is 3.23. The highest BCUT2D eigenvalue weighted by Gasteiger charge is 2.19. The third-order valence-electron chi connectivity index (χ3n) is 2.62. The molecule has 2 heteroatoms. The minimum Gasteiger partial charge on any atom is -0.385 e. The van der Waals surface area contributed by atoms with Gasteiger partial charge < -0.3 is 5.32 Å². The van der Waals surface area contributed by atoms with Crippen molar-refractivity contribution >= 4 is 21.6 Å². The van der Waals surface area contributed by atoms with Gasteiger partial charge in [-0.2, -0.15) is 0 Å². The molecule has 0 heterocycles. The van der Waals surface area contributed by atoms with E-state index in [1.165, 1.54) is 30.5 Å². The van der Waals surface area contributed by atoms with E-state index < -0.39 is 0 Å². The van der Waals surface area contributed by atoms with Crippen LogP contribution in [-0.2, 0) is 0 Å². The second-order valence-corrected chi connectivity index (χ2v) is 5.09. The van der Waals surface area contributed by atoms with Crippen molar-refractivity contribution in [1.29, 1.82) is 0 Å². The molecule has 1 N–H and O–H groups in total. The van der Waals surface area contributed by atoms with Gasteiger partial charge in [-0.25, -0.2) is 0 Å². The summed E-state index contributed by atoms with van der Waals surface area (Å²) in [6, 6.07) is 6.46. The predicted octanol–water partition coefficient (Wildman–Crippen LogP) is 3.97. The van der Waals surface area contributed by atoms with E-state index in [1.807, 2.05) is 0 Å². The maximum absolute atomic E-state index is 3.51. The molecule has 76 valence electrons. The molecule has 1 aromatic rings. The lowest BCUT2D eigenvalue weighted by Crippen LogP contribution is -2.02. The van der Waals surface area contributed by atoms with Crippen molar-refractivity contribution in [3.05, 3.63) is 28.2 Å². The van der Waals surface area contributed by atoms with Gasteiger partial charge in [0.2, 0.25) is 0 Å². The van der Waals surface area contributed by atoms with E-state index in [-0.39, 0.29) is 0 Å². The Morgan fingerprint density at radius 2 is 2.14 bits per heavy atom. The van der Waals surface area contributed by atoms with Gasteiger partial charge in [0.15, 0.2) is 0 Å². The second kappa shape index (κ2) is 4.35. The molecule has 0 aliphatic heterocycles. The van der Waals surface area contributed by atoms with Crippen molar-refractivity contribution < 1.29 is 0 Å². The first kappa shape index (κ1) is 10.0. The number of halogens is 1. The Bertz CT molecular complexity index is 298. The normalized spacial score (nSPS) is 15.6. The van der Waals surface area contributed by atoms with Crippen LogP contribution in [0.3, 0.4) is 0 Å². The zero-order valence-electron chi connectivity index (χ0n) is 8.52. The van der Waals surface area contributed by atoms with Crippen LogP contribution in [0.5, 0.6) is 0 Å². The third-order valence-corrected chi connectivity index (χ3v) is 3.08. The highest BCUT2D eigenvalue weighted by Crippen LogP contribution is 2.32. The molecule has 1 aliphatic rings. The lowest BCUT2D eigenvalue weighted by atomic mass is 10.2. The molecule has 0 aromatic heterocycles. The van der Waals surface area contributed by atoms with Gasteiger partial charge in [-0.3, -0.25) is 0 Å². The Kier molecular flexibility index (Phi) is 3.12. The fourth-order valence-electron chi connectivity index (χ4n) is 1.67. The average molecular weight is 254 g/mol. The van der Waals surface area contributed by atoms with Crippen LogP contribution in [0.1, 0.15) is 24.8 Å². The molecule has 14 heavy (non-hydrogen) atoms. The van der Waals surface area contributed by atoms with Crippen LogP contribution < -0.4 is 5.32 Å². The van der Waals surface area contributed by atoms with Crippen molar-refractivity contribution in [3.8, 4) is 0 Å². The molecule has 1 aromatic carbocycles. The van der Waals surface area contributed by atoms with Gasteiger partial charge in [-0.15, -0.1) is 0 Å². The van der Waals surface area contributed by atoms with E-state index >= 15 is 0 Å². The van der Waals surface area contributed by atoms with Crippen LogP contribution in [0.4, 0.5) is 5.69 Å². The summed E-state index contributed by atoms with van der Waals surface area (Å²) < 4.78 is 1.16. The Balaban J connectivity index is 1.87. The van der Waals surface area contributed by atoms with E-state index in [1.54, 1.807) is 0 Å². The Morgan fingerprint density at radius 3 is 2.79 bits per heavy atom. The van der Waals surface area contributed by atoms with Crippen molar-refractivity contribution in [3.63, 3.8) is 0 Å². The smallest absolute Gasteiger partial charge is 0.0354 e. The lowest BCUT2D eigenvalue weighted by Gasteiger charge is -2.07. The first-order valence-corrected chi connectivity index (χ1v) is 6.04. The summed E-state index contributed by atoms with van der Waals surface area (Å²) in [5.41, 5.74) is 2.53. The van der Waals surface area contributed by atoms with Crippen molar-refractivity contribution in [2.45, 2.75) is 26.2 Å². The molecule has 1 nitrogen and oxygen atoms in total. The molecule has 0 bridgehead atoms. The van der Waals surface area contributed by atoms with Gasteiger partial charge in [-0.05, 0) is 43.0 Å². The number of rotatable bonds is 4. The van der Waals surface area contributed by atoms with Gasteiger partial charge in [-0.1, -0.05) is 28.8 Å². The highest BCUT2D eigenvalue weighted by molar-refractivity contribution is 9.10. The van der Waals surface area contributed by atoms with E-state index in [0.29, 0.717) is 0 Å². The van der Waals surface area contributed by atoms with E-state index in [2.05, 4.69) is 46.4 Å². The summed E-state index contributed by atoms with van der Waals surface area (Å²) in [7, 11) is 0. The number of hydrogen-bond donors (Lipinski definition) is 1. The van der Waals surface area contributed by atoms with Crippen LogP contribution in [-0.4, -0.2) is 6.54 Å². The van der Waals surface area contributed by atoms with Crippen LogP contribution >= 0.6 is 15.9 Å². The summed E-state index contributed by atoms with van der Waals surface area (Å²) in [6.07, 6.45) is 4.21. The molecule has 0 atom stereocenters. The first-order chi connectivity index (χ1) is 6.74. The SMILES string of the molecule is Cc1cc(Br)cc(NCCC2CC2)c1. The summed E-state index contributed by atoms with van der Waals surface area (Å²) in [5, 5.41) is 3.47. The third kappa shape index (κ3) is 3.02. The van der Waals surface area contributed by atoms with Gasteiger partial charge in [0.25, 0.3) is 0 Å². The summed E-state index contributed by atoms with van der Waals surface area (Å²) in [5.74, 6) is 1.01. The fraction of sp³-hybridized carbons (Fsp3) is 0.500. The zero-order valence-corrected chi connectivity index (χ0v) is 10.1. The highest BCUT2D eigenvalue weighted by atomic mass is 79.9. The summed E-state index contributed by atoms with van der Waals surface area (Å²) >= 11 is 3.51. The number of aryl methyl sites for hydroxylation is 1. The fourth-order valence-corrected chi connectivity index (χ4v) is 2.27. The van der Waals surface area contributed by atoms with E-state index in [4.69, 9.17) is 0 Å². The molecule has 0 unspecified atom stereocenters. The summed E-state index contributed by atoms with van der Waals surface area (Å²) in [4.78, 5) is 0. The first-order valence-electron chi connectivity index (χ1n) is 5.25. The van der Waals surface area contributed by atoms with E-state index in [9.17, 15) is 0 Å². The standard InChI is InChI=1S/C12H16BrN/c1-9-6-11(13)8-12(7-9)14-5-4-10-2-3-10/h6-8,10,14H,2-5H2,1H3. The van der Waals surface area contributed by atoms with Crippen LogP contribution in [0, 0.1) is 12.8 Å². The lowest BCUT2D eigenvalue weighted by molar-refractivity contribution is 0.760. The number of hydrogen-bond acceptors (Lipinski definition) is 1. The van der Waals surface area contributed by atoms with Crippen molar-refractivity contribution in [2.24, 2.45) is 5.92 Å². The molecule has 2 rings (SSSR count). The number of benzene rings is 1. The van der Waals surface area contributed by atoms with E-state index in [0.717, 1.165) is 16.9 Å². The Hall–Kier alpha value is -0.500. The maximum atomic E-state index is 3.51. The van der Waals surface area contributed by atoms with Gasteiger partial charge >= 0.3 is 0 Å². The topological polar surface area (TPSA) is 12.0 Å². The maximum Gasteiger partial charge on any atom is 0.0354 e. The van der Waals surface area contributed by atoms with Crippen LogP contribution in [0.2, 0.25) is 0 Å². The molecule has 1 aliphatic carbocycles. The predicted molar refractivity (Wildman–Crippen MR) is 64.7 cm³/mol. The molecule has 1 saturated carbocycles. The van der Waals surface area contributed by atoms with Gasteiger partial charge in [0.1, 0.15) is 0 Å². The zero-order chi connectivity index (χ0) is 9.97. The molecule has 1 fully saturated rings. The van der Waals surface area contributed by atoms with Gasteiger partial charge in [0.05, 0.1) is 0 Å². The molecule has 0 saturated heterocycles. The van der Waals surface area contributed by atoms with Crippen molar-refractivity contribution in [1.82, 2.24) is 0 Å². The average Bonchev–Trinajstić information content (AvgIpc) is 2.86. The Labute approximate surface area is 94.0 Å². The number of anilines is 1. The second-order valence-electron chi connectivity index (χ2n) is 4.18.